The average molecular weight is 326 g/mol. The summed E-state index contributed by atoms with van der Waals surface area (Å²) in [5.41, 5.74) is 3.78. The minimum Gasteiger partial charge on any atom is -0.395 e. The van der Waals surface area contributed by atoms with Gasteiger partial charge in [0.1, 0.15) is 5.82 Å². The van der Waals surface area contributed by atoms with Crippen LogP contribution in [0.15, 0.2) is 30.3 Å². The SMILES string of the molecule is CCc1cc(N2Cc3ccccc3CC2(C)C)nc(NCCO)n1. The lowest BCUT2D eigenvalue weighted by atomic mass is 9.85. The highest BCUT2D eigenvalue weighted by Gasteiger charge is 2.33. The Morgan fingerprint density at radius 1 is 1.21 bits per heavy atom. The van der Waals surface area contributed by atoms with Gasteiger partial charge in [-0.15, -0.1) is 0 Å². The van der Waals surface area contributed by atoms with Crippen LogP contribution in [0, 0.1) is 0 Å². The Hall–Kier alpha value is -2.14. The topological polar surface area (TPSA) is 61.3 Å². The van der Waals surface area contributed by atoms with E-state index in [2.05, 4.69) is 66.3 Å². The van der Waals surface area contributed by atoms with Gasteiger partial charge >= 0.3 is 0 Å². The first kappa shape index (κ1) is 16.7. The van der Waals surface area contributed by atoms with Gasteiger partial charge in [0.25, 0.3) is 0 Å². The maximum Gasteiger partial charge on any atom is 0.224 e. The van der Waals surface area contributed by atoms with Gasteiger partial charge in [-0.25, -0.2) is 4.98 Å². The molecule has 0 atom stereocenters. The van der Waals surface area contributed by atoms with Crippen molar-refractivity contribution >= 4 is 11.8 Å². The van der Waals surface area contributed by atoms with Gasteiger partial charge in [-0.3, -0.25) is 0 Å². The van der Waals surface area contributed by atoms with E-state index in [-0.39, 0.29) is 12.1 Å². The van der Waals surface area contributed by atoms with Crippen LogP contribution in [0.2, 0.25) is 0 Å². The van der Waals surface area contributed by atoms with E-state index in [1.807, 2.05) is 0 Å². The minimum absolute atomic E-state index is 0.0119. The third kappa shape index (κ3) is 3.36. The molecule has 2 aromatic rings. The first-order chi connectivity index (χ1) is 11.5. The standard InChI is InChI=1S/C19H26N4O/c1-4-16-11-17(22-18(21-16)20-9-10-24)23-13-15-8-6-5-7-14(15)12-19(23,2)3/h5-8,11,24H,4,9-10,12-13H2,1-3H3,(H,20,21,22). The summed E-state index contributed by atoms with van der Waals surface area (Å²) in [6.07, 6.45) is 1.85. The molecule has 1 aromatic carbocycles. The average Bonchev–Trinajstić information content (AvgIpc) is 2.58. The number of aryl methyl sites for hydroxylation is 1. The van der Waals surface area contributed by atoms with Gasteiger partial charge in [0.05, 0.1) is 6.61 Å². The van der Waals surface area contributed by atoms with E-state index in [0.717, 1.165) is 30.9 Å². The second kappa shape index (κ2) is 6.77. The second-order valence-corrected chi connectivity index (χ2v) is 6.89. The van der Waals surface area contributed by atoms with Gasteiger partial charge in [-0.05, 0) is 37.8 Å². The molecule has 5 heteroatoms. The van der Waals surface area contributed by atoms with Gasteiger partial charge in [0.15, 0.2) is 0 Å². The molecular weight excluding hydrogens is 300 g/mol. The first-order valence-corrected chi connectivity index (χ1v) is 8.60. The molecule has 2 N–H and O–H groups in total. The fraction of sp³-hybridized carbons (Fsp3) is 0.474. The normalized spacial score (nSPS) is 15.9. The zero-order valence-corrected chi connectivity index (χ0v) is 14.7. The Kier molecular flexibility index (Phi) is 4.71. The monoisotopic (exact) mass is 326 g/mol. The zero-order chi connectivity index (χ0) is 17.2. The summed E-state index contributed by atoms with van der Waals surface area (Å²) in [5, 5.41) is 12.1. The number of fused-ring (bicyclic) bond motifs is 1. The molecule has 0 bridgehead atoms. The molecule has 0 amide bonds. The highest BCUT2D eigenvalue weighted by molar-refractivity contribution is 5.51. The van der Waals surface area contributed by atoms with Crippen molar-refractivity contribution in [1.82, 2.24) is 9.97 Å². The van der Waals surface area contributed by atoms with Crippen LogP contribution in [-0.2, 0) is 19.4 Å². The van der Waals surface area contributed by atoms with Crippen LogP contribution in [0.5, 0.6) is 0 Å². The number of aliphatic hydroxyl groups is 1. The number of hydrogen-bond acceptors (Lipinski definition) is 5. The minimum atomic E-state index is -0.0119. The molecule has 2 heterocycles. The van der Waals surface area contributed by atoms with Crippen molar-refractivity contribution < 1.29 is 5.11 Å². The Morgan fingerprint density at radius 3 is 2.67 bits per heavy atom. The summed E-state index contributed by atoms with van der Waals surface area (Å²) in [6.45, 7) is 7.99. The smallest absolute Gasteiger partial charge is 0.224 e. The van der Waals surface area contributed by atoms with E-state index >= 15 is 0 Å². The molecule has 0 radical (unpaired) electrons. The zero-order valence-electron chi connectivity index (χ0n) is 14.7. The molecule has 24 heavy (non-hydrogen) atoms. The quantitative estimate of drug-likeness (QED) is 0.885. The van der Waals surface area contributed by atoms with Crippen molar-refractivity contribution in [3.05, 3.63) is 47.2 Å². The van der Waals surface area contributed by atoms with Crippen LogP contribution < -0.4 is 10.2 Å². The summed E-state index contributed by atoms with van der Waals surface area (Å²) in [6, 6.07) is 10.7. The molecule has 0 unspecified atom stereocenters. The lowest BCUT2D eigenvalue weighted by Crippen LogP contribution is -2.49. The second-order valence-electron chi connectivity index (χ2n) is 6.89. The van der Waals surface area contributed by atoms with Crippen molar-refractivity contribution in [2.45, 2.75) is 45.7 Å². The van der Waals surface area contributed by atoms with E-state index in [1.54, 1.807) is 0 Å². The van der Waals surface area contributed by atoms with Crippen molar-refractivity contribution in [1.29, 1.82) is 0 Å². The number of rotatable bonds is 5. The summed E-state index contributed by atoms with van der Waals surface area (Å²) in [7, 11) is 0. The third-order valence-corrected chi connectivity index (χ3v) is 4.60. The lowest BCUT2D eigenvalue weighted by molar-refractivity contribution is 0.310. The van der Waals surface area contributed by atoms with Crippen molar-refractivity contribution in [3.63, 3.8) is 0 Å². The molecule has 0 saturated heterocycles. The number of nitrogens with one attached hydrogen (secondary N) is 1. The van der Waals surface area contributed by atoms with Gasteiger partial charge in [0.2, 0.25) is 5.95 Å². The molecule has 1 aliphatic heterocycles. The van der Waals surface area contributed by atoms with E-state index < -0.39 is 0 Å². The summed E-state index contributed by atoms with van der Waals surface area (Å²) in [4.78, 5) is 11.6. The molecule has 0 spiro atoms. The molecule has 1 aliphatic rings. The predicted molar refractivity (Wildman–Crippen MR) is 97.4 cm³/mol. The molecule has 1 aromatic heterocycles. The Labute approximate surface area is 143 Å². The van der Waals surface area contributed by atoms with Crippen LogP contribution in [0.25, 0.3) is 0 Å². The van der Waals surface area contributed by atoms with Crippen LogP contribution in [0.3, 0.4) is 0 Å². The fourth-order valence-corrected chi connectivity index (χ4v) is 3.27. The highest BCUT2D eigenvalue weighted by Crippen LogP contribution is 2.34. The Morgan fingerprint density at radius 2 is 1.96 bits per heavy atom. The van der Waals surface area contributed by atoms with Gasteiger partial charge in [-0.1, -0.05) is 31.2 Å². The molecule has 3 rings (SSSR count). The lowest BCUT2D eigenvalue weighted by Gasteiger charge is -2.44. The molecule has 128 valence electrons. The van der Waals surface area contributed by atoms with Gasteiger partial charge in [-0.2, -0.15) is 4.98 Å². The maximum atomic E-state index is 9.04. The molecule has 0 aliphatic carbocycles. The van der Waals surface area contributed by atoms with Crippen molar-refractivity contribution in [2.75, 3.05) is 23.4 Å². The molecule has 0 fully saturated rings. The first-order valence-electron chi connectivity index (χ1n) is 8.60. The molecular formula is C19H26N4O. The predicted octanol–water partition coefficient (Wildman–Crippen LogP) is 2.78. The summed E-state index contributed by atoms with van der Waals surface area (Å²) >= 11 is 0. The largest absolute Gasteiger partial charge is 0.395 e. The number of anilines is 2. The van der Waals surface area contributed by atoms with E-state index in [0.29, 0.717) is 12.5 Å². The maximum absolute atomic E-state index is 9.04. The van der Waals surface area contributed by atoms with Gasteiger partial charge < -0.3 is 15.3 Å². The molecule has 0 saturated carbocycles. The van der Waals surface area contributed by atoms with Crippen molar-refractivity contribution in [2.24, 2.45) is 0 Å². The third-order valence-electron chi connectivity index (χ3n) is 4.60. The number of benzene rings is 1. The number of hydrogen-bond donors (Lipinski definition) is 2. The van der Waals surface area contributed by atoms with Crippen molar-refractivity contribution in [3.8, 4) is 0 Å². The van der Waals surface area contributed by atoms with Gasteiger partial charge in [0, 0.05) is 30.4 Å². The summed E-state index contributed by atoms with van der Waals surface area (Å²) in [5.74, 6) is 1.54. The van der Waals surface area contributed by atoms with Crippen LogP contribution >= 0.6 is 0 Å². The van der Waals surface area contributed by atoms with Crippen LogP contribution in [0.4, 0.5) is 11.8 Å². The number of aromatic nitrogens is 2. The Bertz CT molecular complexity index is 714. The fourth-order valence-electron chi connectivity index (χ4n) is 3.27. The van der Waals surface area contributed by atoms with E-state index in [4.69, 9.17) is 10.1 Å². The number of aliphatic hydroxyl groups excluding tert-OH is 1. The number of nitrogens with zero attached hydrogens (tertiary/aromatic N) is 3. The highest BCUT2D eigenvalue weighted by atomic mass is 16.3. The summed E-state index contributed by atoms with van der Waals surface area (Å²) < 4.78 is 0. The van der Waals surface area contributed by atoms with E-state index in [1.165, 1.54) is 11.1 Å². The molecule has 5 nitrogen and oxygen atoms in total. The Balaban J connectivity index is 1.98. The van der Waals surface area contributed by atoms with Crippen LogP contribution in [-0.4, -0.2) is 33.8 Å². The van der Waals surface area contributed by atoms with E-state index in [9.17, 15) is 0 Å². The van der Waals surface area contributed by atoms with Crippen LogP contribution in [0.1, 0.15) is 37.6 Å².